The van der Waals surface area contributed by atoms with Crippen molar-refractivity contribution >= 4 is 11.6 Å². The smallest absolute Gasteiger partial charge is 0.265 e. The first-order chi connectivity index (χ1) is 9.04. The van der Waals surface area contributed by atoms with Crippen LogP contribution in [0.4, 0.5) is 5.69 Å². The van der Waals surface area contributed by atoms with Crippen molar-refractivity contribution in [2.75, 3.05) is 18.1 Å². The summed E-state index contributed by atoms with van der Waals surface area (Å²) in [6.45, 7) is 4.48. The molecule has 1 aliphatic rings. The monoisotopic (exact) mass is 264 g/mol. The topological polar surface area (TPSA) is 75.8 Å². The number of hydrogen-bond donors (Lipinski definition) is 2. The molecule has 1 amide bonds. The predicted octanol–water partition coefficient (Wildman–Crippen LogP) is 1.20. The van der Waals surface area contributed by atoms with E-state index in [4.69, 9.17) is 10.5 Å². The van der Waals surface area contributed by atoms with Gasteiger partial charge in [0.25, 0.3) is 5.91 Å². The number of aliphatic hydroxyl groups is 1. The van der Waals surface area contributed by atoms with Gasteiger partial charge < -0.3 is 20.5 Å². The fourth-order valence-electron chi connectivity index (χ4n) is 2.18. The van der Waals surface area contributed by atoms with E-state index >= 15 is 0 Å². The molecule has 0 spiro atoms. The molecule has 2 atom stereocenters. The third-order valence-electron chi connectivity index (χ3n) is 3.21. The minimum absolute atomic E-state index is 0.0539. The van der Waals surface area contributed by atoms with Crippen LogP contribution in [-0.2, 0) is 4.79 Å². The number of aliphatic hydroxyl groups excluding tert-OH is 1. The number of amides is 1. The zero-order chi connectivity index (χ0) is 14.0. The van der Waals surface area contributed by atoms with Gasteiger partial charge in [0, 0.05) is 12.6 Å². The molecule has 2 rings (SSSR count). The Balaban J connectivity index is 2.38. The predicted molar refractivity (Wildman–Crippen MR) is 73.2 cm³/mol. The molecule has 2 unspecified atom stereocenters. The van der Waals surface area contributed by atoms with Gasteiger partial charge in [-0.2, -0.15) is 0 Å². The Hall–Kier alpha value is -1.59. The molecule has 19 heavy (non-hydrogen) atoms. The molecule has 3 N–H and O–H groups in total. The lowest BCUT2D eigenvalue weighted by atomic mass is 10.0. The minimum atomic E-state index is -0.745. The molecule has 1 heterocycles. The van der Waals surface area contributed by atoms with Crippen LogP contribution in [0.1, 0.15) is 31.9 Å². The van der Waals surface area contributed by atoms with Crippen molar-refractivity contribution in [1.29, 1.82) is 0 Å². The van der Waals surface area contributed by atoms with Crippen LogP contribution < -0.4 is 15.4 Å². The fraction of sp³-hybridized carbons (Fsp3) is 0.500. The van der Waals surface area contributed by atoms with Crippen molar-refractivity contribution in [1.82, 2.24) is 0 Å². The van der Waals surface area contributed by atoms with Crippen LogP contribution in [-0.4, -0.2) is 30.2 Å². The largest absolute Gasteiger partial charge is 0.482 e. The van der Waals surface area contributed by atoms with E-state index in [0.717, 1.165) is 12.1 Å². The Morgan fingerprint density at radius 2 is 2.26 bits per heavy atom. The normalized spacial score (nSPS) is 17.7. The number of nitrogens with two attached hydrogens (primary N) is 1. The van der Waals surface area contributed by atoms with Gasteiger partial charge in [-0.15, -0.1) is 0 Å². The standard InChI is InChI=1S/C14H20N2O3/c1-3-6-16-11-7-10(14(18)9(2)15)4-5-12(11)19-8-13(16)17/h4-5,7,9,14,18H,3,6,8,15H2,1-2H3. The van der Waals surface area contributed by atoms with Gasteiger partial charge >= 0.3 is 0 Å². The molecule has 1 aromatic rings. The lowest BCUT2D eigenvalue weighted by molar-refractivity contribution is -0.121. The quantitative estimate of drug-likeness (QED) is 0.857. The van der Waals surface area contributed by atoms with Gasteiger partial charge in [-0.1, -0.05) is 13.0 Å². The van der Waals surface area contributed by atoms with E-state index in [1.165, 1.54) is 0 Å². The van der Waals surface area contributed by atoms with Crippen molar-refractivity contribution in [2.24, 2.45) is 5.73 Å². The van der Waals surface area contributed by atoms with E-state index in [2.05, 4.69) is 0 Å². The van der Waals surface area contributed by atoms with Gasteiger partial charge in [-0.25, -0.2) is 0 Å². The van der Waals surface area contributed by atoms with E-state index in [0.29, 0.717) is 17.9 Å². The second kappa shape index (κ2) is 5.59. The van der Waals surface area contributed by atoms with Crippen LogP contribution in [0.3, 0.4) is 0 Å². The molecule has 0 fully saturated rings. The van der Waals surface area contributed by atoms with Crippen LogP contribution >= 0.6 is 0 Å². The number of anilines is 1. The number of carbonyl (C=O) groups excluding carboxylic acids is 1. The van der Waals surface area contributed by atoms with Gasteiger partial charge in [0.05, 0.1) is 11.8 Å². The number of carbonyl (C=O) groups is 1. The summed E-state index contributed by atoms with van der Waals surface area (Å²) in [6.07, 6.45) is 0.122. The SMILES string of the molecule is CCCN1C(=O)COc2ccc(C(O)C(C)N)cc21. The zero-order valence-corrected chi connectivity index (χ0v) is 11.3. The summed E-state index contributed by atoms with van der Waals surface area (Å²) in [6, 6.07) is 4.99. The maximum Gasteiger partial charge on any atom is 0.265 e. The number of rotatable bonds is 4. The van der Waals surface area contributed by atoms with E-state index in [-0.39, 0.29) is 18.6 Å². The molecule has 0 radical (unpaired) electrons. The van der Waals surface area contributed by atoms with Gasteiger partial charge in [0.2, 0.25) is 0 Å². The highest BCUT2D eigenvalue weighted by Gasteiger charge is 2.26. The van der Waals surface area contributed by atoms with E-state index < -0.39 is 6.10 Å². The molecule has 0 aromatic heterocycles. The van der Waals surface area contributed by atoms with Gasteiger partial charge in [0.15, 0.2) is 6.61 Å². The lowest BCUT2D eigenvalue weighted by Gasteiger charge is -2.30. The average Bonchev–Trinajstić information content (AvgIpc) is 2.40. The van der Waals surface area contributed by atoms with Crippen LogP contribution in [0.2, 0.25) is 0 Å². The van der Waals surface area contributed by atoms with Crippen molar-refractivity contribution in [3.05, 3.63) is 23.8 Å². The maximum absolute atomic E-state index is 11.9. The molecule has 5 nitrogen and oxygen atoms in total. The number of ether oxygens (including phenoxy) is 1. The third-order valence-corrected chi connectivity index (χ3v) is 3.21. The number of hydrogen-bond acceptors (Lipinski definition) is 4. The minimum Gasteiger partial charge on any atom is -0.482 e. The maximum atomic E-state index is 11.9. The summed E-state index contributed by atoms with van der Waals surface area (Å²) in [4.78, 5) is 13.6. The van der Waals surface area contributed by atoms with Crippen LogP contribution in [0.15, 0.2) is 18.2 Å². The number of benzene rings is 1. The van der Waals surface area contributed by atoms with E-state index in [9.17, 15) is 9.90 Å². The summed E-state index contributed by atoms with van der Waals surface area (Å²) in [7, 11) is 0. The Labute approximate surface area is 113 Å². The Bertz CT molecular complexity index is 474. The molecule has 0 aliphatic carbocycles. The Morgan fingerprint density at radius 1 is 1.53 bits per heavy atom. The first kappa shape index (κ1) is 13.8. The van der Waals surface area contributed by atoms with E-state index in [1.807, 2.05) is 6.92 Å². The highest BCUT2D eigenvalue weighted by atomic mass is 16.5. The molecule has 0 saturated heterocycles. The van der Waals surface area contributed by atoms with Crippen LogP contribution in [0.5, 0.6) is 5.75 Å². The summed E-state index contributed by atoms with van der Waals surface area (Å²) in [5, 5.41) is 10.0. The van der Waals surface area contributed by atoms with Crippen molar-refractivity contribution in [3.63, 3.8) is 0 Å². The Morgan fingerprint density at radius 3 is 2.89 bits per heavy atom. The third kappa shape index (κ3) is 2.72. The first-order valence-corrected chi connectivity index (χ1v) is 6.55. The molecule has 5 heteroatoms. The van der Waals surface area contributed by atoms with Crippen LogP contribution in [0, 0.1) is 0 Å². The summed E-state index contributed by atoms with van der Waals surface area (Å²) >= 11 is 0. The zero-order valence-electron chi connectivity index (χ0n) is 11.3. The number of nitrogens with zero attached hydrogens (tertiary/aromatic N) is 1. The fourth-order valence-corrected chi connectivity index (χ4v) is 2.18. The van der Waals surface area contributed by atoms with Crippen LogP contribution in [0.25, 0.3) is 0 Å². The van der Waals surface area contributed by atoms with Gasteiger partial charge in [-0.05, 0) is 31.0 Å². The molecule has 1 aromatic carbocycles. The molecular weight excluding hydrogens is 244 g/mol. The van der Waals surface area contributed by atoms with Crippen molar-refractivity contribution in [2.45, 2.75) is 32.4 Å². The van der Waals surface area contributed by atoms with E-state index in [1.54, 1.807) is 30.0 Å². The molecule has 0 bridgehead atoms. The summed E-state index contributed by atoms with van der Waals surface area (Å²) in [5.41, 5.74) is 7.12. The second-order valence-electron chi connectivity index (χ2n) is 4.87. The van der Waals surface area contributed by atoms with Gasteiger partial charge in [0.1, 0.15) is 5.75 Å². The Kier molecular flexibility index (Phi) is 4.07. The molecule has 1 aliphatic heterocycles. The average molecular weight is 264 g/mol. The van der Waals surface area contributed by atoms with Crippen molar-refractivity contribution in [3.8, 4) is 5.75 Å². The molecular formula is C14H20N2O3. The lowest BCUT2D eigenvalue weighted by Crippen LogP contribution is -2.39. The summed E-state index contributed by atoms with van der Waals surface area (Å²) < 4.78 is 5.40. The highest BCUT2D eigenvalue weighted by molar-refractivity contribution is 5.97. The first-order valence-electron chi connectivity index (χ1n) is 6.55. The highest BCUT2D eigenvalue weighted by Crippen LogP contribution is 2.34. The summed E-state index contributed by atoms with van der Waals surface area (Å²) in [5.74, 6) is 0.621. The second-order valence-corrected chi connectivity index (χ2v) is 4.87. The molecule has 0 saturated carbocycles. The van der Waals surface area contributed by atoms with Crippen molar-refractivity contribution < 1.29 is 14.6 Å². The molecule has 104 valence electrons. The van der Waals surface area contributed by atoms with Gasteiger partial charge in [-0.3, -0.25) is 4.79 Å². The number of fused-ring (bicyclic) bond motifs is 1.